The van der Waals surface area contributed by atoms with Crippen molar-refractivity contribution in [1.29, 1.82) is 0 Å². The maximum atomic E-state index is 4.40. The molecule has 1 aromatic heterocycles. The molecular formula is C14H16N2S. The second-order valence-electron chi connectivity index (χ2n) is 4.65. The van der Waals surface area contributed by atoms with Crippen molar-refractivity contribution in [3.8, 4) is 0 Å². The summed E-state index contributed by atoms with van der Waals surface area (Å²) in [6.45, 7) is 2.09. The Labute approximate surface area is 106 Å². The van der Waals surface area contributed by atoms with Crippen LogP contribution in [0.2, 0.25) is 0 Å². The molecule has 1 heterocycles. The molecule has 0 radical (unpaired) electrons. The summed E-state index contributed by atoms with van der Waals surface area (Å²) in [7, 11) is 0. The van der Waals surface area contributed by atoms with Gasteiger partial charge in [-0.1, -0.05) is 30.3 Å². The summed E-state index contributed by atoms with van der Waals surface area (Å²) in [4.78, 5) is 5.66. The van der Waals surface area contributed by atoms with Crippen LogP contribution in [0.5, 0.6) is 0 Å². The summed E-state index contributed by atoms with van der Waals surface area (Å²) < 4.78 is 0. The van der Waals surface area contributed by atoms with E-state index in [-0.39, 0.29) is 0 Å². The summed E-state index contributed by atoms with van der Waals surface area (Å²) in [6, 6.07) is 11.1. The highest BCUT2D eigenvalue weighted by molar-refractivity contribution is 7.15. The smallest absolute Gasteiger partial charge is 0.183 e. The minimum absolute atomic E-state index is 0.432. The van der Waals surface area contributed by atoms with Crippen LogP contribution in [0.4, 0.5) is 5.13 Å². The Bertz CT molecular complexity index is 488. The van der Waals surface area contributed by atoms with Crippen LogP contribution in [0.1, 0.15) is 29.3 Å². The van der Waals surface area contributed by atoms with Crippen molar-refractivity contribution >= 4 is 16.5 Å². The zero-order valence-corrected chi connectivity index (χ0v) is 10.7. The monoisotopic (exact) mass is 244 g/mol. The van der Waals surface area contributed by atoms with Crippen molar-refractivity contribution in [2.45, 2.75) is 25.8 Å². The van der Waals surface area contributed by atoms with Crippen molar-refractivity contribution < 1.29 is 0 Å². The first-order chi connectivity index (χ1) is 8.33. The van der Waals surface area contributed by atoms with Crippen LogP contribution in [0.15, 0.2) is 36.5 Å². The van der Waals surface area contributed by atoms with E-state index >= 15 is 0 Å². The molecule has 2 nitrogen and oxygen atoms in total. The van der Waals surface area contributed by atoms with Gasteiger partial charge in [0.25, 0.3) is 0 Å². The number of rotatable bonds is 4. The number of thiazole rings is 1. The Hall–Kier alpha value is -1.35. The molecule has 0 amide bonds. The van der Waals surface area contributed by atoms with Gasteiger partial charge in [-0.05, 0) is 31.2 Å². The zero-order valence-electron chi connectivity index (χ0n) is 9.89. The van der Waals surface area contributed by atoms with Crippen molar-refractivity contribution in [3.05, 3.63) is 47.0 Å². The molecule has 0 saturated heterocycles. The van der Waals surface area contributed by atoms with Gasteiger partial charge in [0.1, 0.15) is 0 Å². The number of aromatic nitrogens is 1. The van der Waals surface area contributed by atoms with Crippen LogP contribution in [0, 0.1) is 12.8 Å². The molecule has 0 bridgehead atoms. The highest BCUT2D eigenvalue weighted by atomic mass is 32.1. The SMILES string of the molecule is Cc1cnc(NC(c2ccccc2)C2CC2)s1. The maximum absolute atomic E-state index is 4.40. The fraction of sp³-hybridized carbons (Fsp3) is 0.357. The third-order valence-electron chi connectivity index (χ3n) is 3.15. The van der Waals surface area contributed by atoms with Crippen LogP contribution in [-0.2, 0) is 0 Å². The lowest BCUT2D eigenvalue weighted by atomic mass is 10.0. The maximum Gasteiger partial charge on any atom is 0.183 e. The third-order valence-corrected chi connectivity index (χ3v) is 4.00. The summed E-state index contributed by atoms with van der Waals surface area (Å²) >= 11 is 1.73. The van der Waals surface area contributed by atoms with Gasteiger partial charge in [-0.15, -0.1) is 11.3 Å². The molecule has 88 valence electrons. The van der Waals surface area contributed by atoms with Gasteiger partial charge < -0.3 is 5.32 Å². The molecule has 1 atom stereocenters. The van der Waals surface area contributed by atoms with Crippen LogP contribution in [0.3, 0.4) is 0 Å². The van der Waals surface area contributed by atoms with Gasteiger partial charge in [0.15, 0.2) is 5.13 Å². The highest BCUT2D eigenvalue weighted by Gasteiger charge is 2.32. The summed E-state index contributed by atoms with van der Waals surface area (Å²) in [5, 5.41) is 4.63. The van der Waals surface area contributed by atoms with Gasteiger partial charge in [-0.2, -0.15) is 0 Å². The summed E-state index contributed by atoms with van der Waals surface area (Å²) in [5.74, 6) is 0.779. The molecule has 1 fully saturated rings. The van der Waals surface area contributed by atoms with Crippen molar-refractivity contribution in [1.82, 2.24) is 4.98 Å². The first-order valence-electron chi connectivity index (χ1n) is 6.07. The molecule has 1 N–H and O–H groups in total. The fourth-order valence-corrected chi connectivity index (χ4v) is 2.82. The van der Waals surface area contributed by atoms with Crippen LogP contribution in [-0.4, -0.2) is 4.98 Å². The van der Waals surface area contributed by atoms with E-state index < -0.39 is 0 Å². The average Bonchev–Trinajstić information content (AvgIpc) is 3.11. The minimum atomic E-state index is 0.432. The number of benzene rings is 1. The Morgan fingerprint density at radius 2 is 2.06 bits per heavy atom. The predicted molar refractivity (Wildman–Crippen MR) is 72.4 cm³/mol. The Kier molecular flexibility index (Phi) is 2.85. The normalized spacial score (nSPS) is 16.8. The van der Waals surface area contributed by atoms with E-state index in [1.54, 1.807) is 11.3 Å². The molecular weight excluding hydrogens is 228 g/mol. The molecule has 0 spiro atoms. The Balaban J connectivity index is 1.81. The van der Waals surface area contributed by atoms with Crippen LogP contribution >= 0.6 is 11.3 Å². The molecule has 1 aliphatic rings. The first-order valence-corrected chi connectivity index (χ1v) is 6.88. The molecule has 1 unspecified atom stereocenters. The predicted octanol–water partition coefficient (Wildman–Crippen LogP) is 4.01. The average molecular weight is 244 g/mol. The minimum Gasteiger partial charge on any atom is -0.354 e. The van der Waals surface area contributed by atoms with E-state index in [0.29, 0.717) is 6.04 Å². The van der Waals surface area contributed by atoms with Crippen LogP contribution < -0.4 is 5.32 Å². The molecule has 1 aromatic carbocycles. The molecule has 2 aromatic rings. The summed E-state index contributed by atoms with van der Waals surface area (Å²) in [6.07, 6.45) is 4.59. The lowest BCUT2D eigenvalue weighted by Gasteiger charge is -2.17. The highest BCUT2D eigenvalue weighted by Crippen LogP contribution is 2.43. The standard InChI is InChI=1S/C14H16N2S/c1-10-9-15-14(17-10)16-13(12-7-8-12)11-5-3-2-4-6-11/h2-6,9,12-13H,7-8H2,1H3,(H,15,16). The lowest BCUT2D eigenvalue weighted by molar-refractivity contribution is 0.678. The molecule has 1 aliphatic carbocycles. The summed E-state index contributed by atoms with van der Waals surface area (Å²) in [5.41, 5.74) is 1.38. The number of aryl methyl sites for hydroxylation is 1. The van der Waals surface area contributed by atoms with E-state index in [9.17, 15) is 0 Å². The molecule has 3 heteroatoms. The Morgan fingerprint density at radius 1 is 1.29 bits per heavy atom. The van der Waals surface area contributed by atoms with Crippen molar-refractivity contribution in [3.63, 3.8) is 0 Å². The lowest BCUT2D eigenvalue weighted by Crippen LogP contribution is -2.12. The van der Waals surface area contributed by atoms with Gasteiger partial charge in [-0.3, -0.25) is 0 Å². The van der Waals surface area contributed by atoms with Crippen LogP contribution in [0.25, 0.3) is 0 Å². The topological polar surface area (TPSA) is 24.9 Å². The van der Waals surface area contributed by atoms with E-state index in [1.165, 1.54) is 23.3 Å². The fourth-order valence-electron chi connectivity index (χ4n) is 2.12. The largest absolute Gasteiger partial charge is 0.354 e. The quantitative estimate of drug-likeness (QED) is 0.878. The number of nitrogens with one attached hydrogen (secondary N) is 1. The van der Waals surface area contributed by atoms with Gasteiger partial charge in [-0.25, -0.2) is 4.98 Å². The van der Waals surface area contributed by atoms with E-state index in [2.05, 4.69) is 47.6 Å². The number of anilines is 1. The second kappa shape index (κ2) is 4.49. The third kappa shape index (κ3) is 2.50. The van der Waals surface area contributed by atoms with Crippen molar-refractivity contribution in [2.24, 2.45) is 5.92 Å². The van der Waals surface area contributed by atoms with Crippen molar-refractivity contribution in [2.75, 3.05) is 5.32 Å². The van der Waals surface area contributed by atoms with E-state index in [0.717, 1.165) is 11.0 Å². The zero-order chi connectivity index (χ0) is 11.7. The molecule has 17 heavy (non-hydrogen) atoms. The van der Waals surface area contributed by atoms with E-state index in [4.69, 9.17) is 0 Å². The number of hydrogen-bond donors (Lipinski definition) is 1. The van der Waals surface area contributed by atoms with Gasteiger partial charge in [0.05, 0.1) is 6.04 Å². The molecule has 1 saturated carbocycles. The second-order valence-corrected chi connectivity index (χ2v) is 5.88. The van der Waals surface area contributed by atoms with E-state index in [1.807, 2.05) is 6.20 Å². The Morgan fingerprint density at radius 3 is 2.65 bits per heavy atom. The van der Waals surface area contributed by atoms with Gasteiger partial charge in [0, 0.05) is 11.1 Å². The molecule has 0 aliphatic heterocycles. The first kappa shape index (κ1) is 10.8. The molecule has 3 rings (SSSR count). The number of hydrogen-bond acceptors (Lipinski definition) is 3. The van der Waals surface area contributed by atoms with Gasteiger partial charge >= 0.3 is 0 Å². The van der Waals surface area contributed by atoms with Gasteiger partial charge in [0.2, 0.25) is 0 Å². The number of nitrogens with zero attached hydrogens (tertiary/aromatic N) is 1.